The molecule has 6 rings (SSSR count). The molecular weight excluding hydrogens is 625 g/mol. The number of hydrazine groups is 1. The van der Waals surface area contributed by atoms with Crippen LogP contribution in [0.3, 0.4) is 0 Å². The van der Waals surface area contributed by atoms with Gasteiger partial charge in [-0.2, -0.15) is 10.5 Å². The van der Waals surface area contributed by atoms with Crippen LogP contribution >= 0.6 is 47.1 Å². The summed E-state index contributed by atoms with van der Waals surface area (Å²) in [5, 5.41) is 40.4. The quantitative estimate of drug-likeness (QED) is 0.181. The largest absolute Gasteiger partial charge is 0.358 e. The average molecular weight is 655 g/mol. The Labute approximate surface area is 275 Å². The highest BCUT2D eigenvalue weighted by Crippen LogP contribution is 2.40. The maximum atomic E-state index is 10.00. The van der Waals surface area contributed by atoms with E-state index < -0.39 is 0 Å². The van der Waals surface area contributed by atoms with E-state index in [2.05, 4.69) is 43.4 Å². The van der Waals surface area contributed by atoms with Gasteiger partial charge in [0, 0.05) is 49.0 Å². The Morgan fingerprint density at radius 2 is 1.09 bits per heavy atom. The molecule has 2 aliphatic rings. The molecule has 0 spiro atoms. The van der Waals surface area contributed by atoms with Crippen molar-refractivity contribution in [3.05, 3.63) is 104 Å². The molecule has 0 fully saturated rings. The molecule has 12 heteroatoms. The zero-order chi connectivity index (χ0) is 30.5. The van der Waals surface area contributed by atoms with Gasteiger partial charge in [0.25, 0.3) is 0 Å². The van der Waals surface area contributed by atoms with Crippen molar-refractivity contribution in [2.45, 2.75) is 39.0 Å². The number of anilines is 2. The zero-order valence-corrected chi connectivity index (χ0v) is 27.1. The Hall–Kier alpha value is -3.88. The van der Waals surface area contributed by atoms with Crippen molar-refractivity contribution in [1.82, 2.24) is 20.7 Å². The van der Waals surface area contributed by atoms with Crippen molar-refractivity contribution < 1.29 is 0 Å². The summed E-state index contributed by atoms with van der Waals surface area (Å²) in [6.07, 6.45) is 1.60. The minimum Gasteiger partial charge on any atom is -0.358 e. The topological polar surface area (TPSA) is 102 Å². The van der Waals surface area contributed by atoms with Gasteiger partial charge in [-0.15, -0.1) is 22.7 Å². The van der Waals surface area contributed by atoms with E-state index >= 15 is 0 Å². The highest BCUT2D eigenvalue weighted by atomic mass is 32.1. The normalized spacial score (nSPS) is 14.4. The van der Waals surface area contributed by atoms with Gasteiger partial charge in [-0.05, 0) is 59.5 Å². The Bertz CT molecular complexity index is 1620. The van der Waals surface area contributed by atoms with E-state index in [1.807, 2.05) is 60.7 Å². The molecular formula is C32H30N8S4. The number of nitriles is 2. The molecule has 2 aromatic carbocycles. The van der Waals surface area contributed by atoms with Crippen molar-refractivity contribution in [2.24, 2.45) is 0 Å². The molecule has 0 amide bonds. The second-order valence-electron chi connectivity index (χ2n) is 10.5. The monoisotopic (exact) mass is 654 g/mol. The van der Waals surface area contributed by atoms with Crippen molar-refractivity contribution >= 4 is 67.3 Å². The lowest BCUT2D eigenvalue weighted by Gasteiger charge is -2.39. The van der Waals surface area contributed by atoms with Gasteiger partial charge in [0.15, 0.2) is 10.2 Å². The summed E-state index contributed by atoms with van der Waals surface area (Å²) in [7, 11) is 0. The number of rotatable bonds is 7. The van der Waals surface area contributed by atoms with Crippen LogP contribution < -0.4 is 21.3 Å². The Morgan fingerprint density at radius 1 is 0.682 bits per heavy atom. The van der Waals surface area contributed by atoms with Crippen LogP contribution in [0, 0.1) is 22.7 Å². The molecule has 0 atom stereocenters. The Kier molecular flexibility index (Phi) is 9.48. The van der Waals surface area contributed by atoms with Crippen LogP contribution in [-0.2, 0) is 39.0 Å². The van der Waals surface area contributed by atoms with Gasteiger partial charge in [-0.1, -0.05) is 60.7 Å². The maximum absolute atomic E-state index is 10.00. The molecule has 2 aliphatic heterocycles. The van der Waals surface area contributed by atoms with Crippen LogP contribution in [-0.4, -0.2) is 33.3 Å². The highest BCUT2D eigenvalue weighted by molar-refractivity contribution is 7.80. The second kappa shape index (κ2) is 13.8. The molecule has 222 valence electrons. The number of hydrogen-bond donors (Lipinski definition) is 4. The molecule has 0 aliphatic carbocycles. The van der Waals surface area contributed by atoms with E-state index in [1.165, 1.54) is 9.75 Å². The molecule has 44 heavy (non-hydrogen) atoms. The van der Waals surface area contributed by atoms with E-state index in [-0.39, 0.29) is 0 Å². The maximum Gasteiger partial charge on any atom is 0.171 e. The molecule has 8 nitrogen and oxygen atoms in total. The van der Waals surface area contributed by atoms with Crippen LogP contribution in [0.2, 0.25) is 0 Å². The first kappa shape index (κ1) is 30.2. The lowest BCUT2D eigenvalue weighted by molar-refractivity contribution is -0.0472. The standard InChI is InChI=1S/C32H30N8S4/c33-15-25-23-11-13-39(19-27(23)43-29(25)37-31(41)35-17-21-7-3-1-4-8-21)40-14-12-24-26(16-34)30(44-28(24)20-40)38-32(42)36-18-22-9-5-2-6-10-22/h1-10H,11-14,17-20H2,(H2,35,37,41)(H2,36,38,42). The fraction of sp³-hybridized carbons (Fsp3) is 0.250. The fourth-order valence-corrected chi connectivity index (χ4v) is 8.43. The summed E-state index contributed by atoms with van der Waals surface area (Å²) in [6, 6.07) is 25.0. The van der Waals surface area contributed by atoms with Gasteiger partial charge in [0.05, 0.1) is 11.1 Å². The molecule has 2 aromatic heterocycles. The first-order chi connectivity index (χ1) is 21.5. The van der Waals surface area contributed by atoms with E-state index in [1.54, 1.807) is 22.7 Å². The second-order valence-corrected chi connectivity index (χ2v) is 13.5. The van der Waals surface area contributed by atoms with Crippen molar-refractivity contribution in [1.29, 1.82) is 10.5 Å². The van der Waals surface area contributed by atoms with Gasteiger partial charge >= 0.3 is 0 Å². The van der Waals surface area contributed by atoms with E-state index in [4.69, 9.17) is 24.4 Å². The van der Waals surface area contributed by atoms with Crippen LogP contribution in [0.25, 0.3) is 0 Å². The molecule has 0 radical (unpaired) electrons. The summed E-state index contributed by atoms with van der Waals surface area (Å²) >= 11 is 14.3. The third-order valence-electron chi connectivity index (χ3n) is 7.74. The number of fused-ring (bicyclic) bond motifs is 2. The number of hydrogen-bond acceptors (Lipinski definition) is 8. The Morgan fingerprint density at radius 3 is 1.48 bits per heavy atom. The van der Waals surface area contributed by atoms with Crippen LogP contribution in [0.1, 0.15) is 43.1 Å². The van der Waals surface area contributed by atoms with E-state index in [0.29, 0.717) is 34.4 Å². The first-order valence-electron chi connectivity index (χ1n) is 14.3. The molecule has 0 saturated carbocycles. The minimum absolute atomic E-state index is 0.509. The number of thiocarbonyl (C=S) groups is 2. The summed E-state index contributed by atoms with van der Waals surface area (Å²) in [5.41, 5.74) is 5.90. The average Bonchev–Trinajstić information content (AvgIpc) is 3.58. The van der Waals surface area contributed by atoms with Gasteiger partial charge in [0.1, 0.15) is 22.1 Å². The lowest BCUT2D eigenvalue weighted by Crippen LogP contribution is -2.47. The molecule has 4 N–H and O–H groups in total. The first-order valence-corrected chi connectivity index (χ1v) is 16.7. The van der Waals surface area contributed by atoms with E-state index in [0.717, 1.165) is 71.3 Å². The smallest absolute Gasteiger partial charge is 0.171 e. The minimum atomic E-state index is 0.509. The number of thiophene rings is 2. The third-order valence-corrected chi connectivity index (χ3v) is 10.5. The zero-order valence-electron chi connectivity index (χ0n) is 23.9. The predicted molar refractivity (Wildman–Crippen MR) is 185 cm³/mol. The summed E-state index contributed by atoms with van der Waals surface area (Å²) in [6.45, 7) is 4.38. The highest BCUT2D eigenvalue weighted by Gasteiger charge is 2.32. The number of nitrogens with one attached hydrogen (secondary N) is 4. The number of nitrogens with zero attached hydrogens (tertiary/aromatic N) is 4. The van der Waals surface area contributed by atoms with Gasteiger partial charge < -0.3 is 21.3 Å². The molecule has 4 aromatic rings. The van der Waals surface area contributed by atoms with Gasteiger partial charge in [0.2, 0.25) is 0 Å². The van der Waals surface area contributed by atoms with Crippen molar-refractivity contribution in [3.8, 4) is 12.1 Å². The molecule has 0 bridgehead atoms. The summed E-state index contributed by atoms with van der Waals surface area (Å²) in [5.74, 6) is 0. The van der Waals surface area contributed by atoms with Crippen LogP contribution in [0.4, 0.5) is 10.0 Å². The summed E-state index contributed by atoms with van der Waals surface area (Å²) < 4.78 is 0. The third kappa shape index (κ3) is 6.76. The van der Waals surface area contributed by atoms with Crippen LogP contribution in [0.15, 0.2) is 60.7 Å². The lowest BCUT2D eigenvalue weighted by atomic mass is 10.0. The molecule has 4 heterocycles. The predicted octanol–water partition coefficient (Wildman–Crippen LogP) is 5.86. The summed E-state index contributed by atoms with van der Waals surface area (Å²) in [4.78, 5) is 2.38. The van der Waals surface area contributed by atoms with Gasteiger partial charge in [-0.25, -0.2) is 10.0 Å². The fourth-order valence-electron chi connectivity index (χ4n) is 5.53. The number of benzene rings is 2. The van der Waals surface area contributed by atoms with Crippen molar-refractivity contribution in [2.75, 3.05) is 23.7 Å². The Balaban J connectivity index is 1.09. The van der Waals surface area contributed by atoms with Crippen LogP contribution in [0.5, 0.6) is 0 Å². The SMILES string of the molecule is N#Cc1c(NC(=S)NCc2ccccc2)sc2c1CCN(N1CCc3c(sc(NC(=S)NCc4ccccc4)c3C#N)C1)C2. The van der Waals surface area contributed by atoms with Crippen molar-refractivity contribution in [3.63, 3.8) is 0 Å². The van der Waals surface area contributed by atoms with Gasteiger partial charge in [-0.3, -0.25) is 0 Å². The van der Waals surface area contributed by atoms with E-state index in [9.17, 15) is 10.5 Å². The molecule has 0 saturated heterocycles. The molecule has 0 unspecified atom stereocenters.